The average Bonchev–Trinajstić information content (AvgIpc) is 2.57. The van der Waals surface area contributed by atoms with E-state index in [-0.39, 0.29) is 23.4 Å². The lowest BCUT2D eigenvalue weighted by atomic mass is 10.0. The standard InChI is InChI=1S/C17H26FN3O3S/c1-3-10-21-11-8-15(9-12-21)19-17(22)13-20(2)25(23,24)16-6-4-14(18)5-7-16/h4-7,15H,3,8-13H2,1-2H3,(H,19,22). The van der Waals surface area contributed by atoms with Gasteiger partial charge in [0.15, 0.2) is 0 Å². The number of rotatable bonds is 7. The fourth-order valence-corrected chi connectivity index (χ4v) is 4.09. The molecule has 0 unspecified atom stereocenters. The molecule has 2 rings (SSSR count). The molecule has 140 valence electrons. The molecule has 0 spiro atoms. The highest BCUT2D eigenvalue weighted by Crippen LogP contribution is 2.15. The lowest BCUT2D eigenvalue weighted by Gasteiger charge is -2.32. The molecular formula is C17H26FN3O3S. The highest BCUT2D eigenvalue weighted by Gasteiger charge is 2.25. The summed E-state index contributed by atoms with van der Waals surface area (Å²) in [6.07, 6.45) is 2.86. The van der Waals surface area contributed by atoms with E-state index in [1.54, 1.807) is 0 Å². The van der Waals surface area contributed by atoms with Crippen LogP contribution in [0.3, 0.4) is 0 Å². The molecule has 0 aliphatic carbocycles. The zero-order valence-electron chi connectivity index (χ0n) is 14.7. The molecule has 1 fully saturated rings. The SMILES string of the molecule is CCCN1CCC(NC(=O)CN(C)S(=O)(=O)c2ccc(F)cc2)CC1. The highest BCUT2D eigenvalue weighted by molar-refractivity contribution is 7.89. The predicted molar refractivity (Wildman–Crippen MR) is 94.1 cm³/mol. The van der Waals surface area contributed by atoms with Crippen molar-refractivity contribution in [3.05, 3.63) is 30.1 Å². The second-order valence-electron chi connectivity index (χ2n) is 6.40. The van der Waals surface area contributed by atoms with Crippen LogP contribution in [-0.4, -0.2) is 62.8 Å². The summed E-state index contributed by atoms with van der Waals surface area (Å²) in [6, 6.07) is 4.66. The minimum Gasteiger partial charge on any atom is -0.352 e. The first-order valence-electron chi connectivity index (χ1n) is 8.56. The monoisotopic (exact) mass is 371 g/mol. The molecular weight excluding hydrogens is 345 g/mol. The minimum atomic E-state index is -3.81. The van der Waals surface area contributed by atoms with E-state index in [1.807, 2.05) is 0 Å². The van der Waals surface area contributed by atoms with Crippen molar-refractivity contribution in [3.8, 4) is 0 Å². The second kappa shape index (κ2) is 8.73. The van der Waals surface area contributed by atoms with Crippen LogP contribution in [0.2, 0.25) is 0 Å². The van der Waals surface area contributed by atoms with Gasteiger partial charge < -0.3 is 10.2 Å². The minimum absolute atomic E-state index is 0.0305. The lowest BCUT2D eigenvalue weighted by Crippen LogP contribution is -2.47. The molecule has 1 aliphatic heterocycles. The van der Waals surface area contributed by atoms with Gasteiger partial charge in [-0.25, -0.2) is 12.8 Å². The summed E-state index contributed by atoms with van der Waals surface area (Å²) in [7, 11) is -2.46. The summed E-state index contributed by atoms with van der Waals surface area (Å²) in [5.41, 5.74) is 0. The fourth-order valence-electron chi connectivity index (χ4n) is 2.96. The van der Waals surface area contributed by atoms with Gasteiger partial charge in [0, 0.05) is 26.2 Å². The molecule has 0 saturated carbocycles. The van der Waals surface area contributed by atoms with Crippen molar-refractivity contribution in [3.63, 3.8) is 0 Å². The summed E-state index contributed by atoms with van der Waals surface area (Å²) in [4.78, 5) is 14.5. The maximum absolute atomic E-state index is 12.9. The number of sulfonamides is 1. The van der Waals surface area contributed by atoms with Gasteiger partial charge in [-0.3, -0.25) is 4.79 Å². The van der Waals surface area contributed by atoms with Crippen LogP contribution in [0, 0.1) is 5.82 Å². The van der Waals surface area contributed by atoms with Crippen molar-refractivity contribution < 1.29 is 17.6 Å². The molecule has 25 heavy (non-hydrogen) atoms. The molecule has 1 aromatic carbocycles. The smallest absolute Gasteiger partial charge is 0.243 e. The molecule has 0 aromatic heterocycles. The summed E-state index contributed by atoms with van der Waals surface area (Å²) >= 11 is 0. The Morgan fingerprint density at radius 2 is 1.88 bits per heavy atom. The third-order valence-electron chi connectivity index (χ3n) is 4.38. The first kappa shape index (κ1) is 19.8. The van der Waals surface area contributed by atoms with Crippen molar-refractivity contribution in [2.75, 3.05) is 33.2 Å². The number of likely N-dealkylation sites (tertiary alicyclic amines) is 1. The van der Waals surface area contributed by atoms with Crippen LogP contribution in [0.1, 0.15) is 26.2 Å². The Morgan fingerprint density at radius 1 is 1.28 bits per heavy atom. The molecule has 0 atom stereocenters. The van der Waals surface area contributed by atoms with Crippen LogP contribution in [0.25, 0.3) is 0 Å². The molecule has 0 bridgehead atoms. The maximum atomic E-state index is 12.9. The number of nitrogens with one attached hydrogen (secondary N) is 1. The number of halogens is 1. The van der Waals surface area contributed by atoms with Gasteiger partial charge in [-0.2, -0.15) is 4.31 Å². The van der Waals surface area contributed by atoms with E-state index < -0.39 is 15.8 Å². The van der Waals surface area contributed by atoms with Gasteiger partial charge in [0.05, 0.1) is 11.4 Å². The van der Waals surface area contributed by atoms with E-state index in [1.165, 1.54) is 19.2 Å². The number of amides is 1. The Kier molecular flexibility index (Phi) is 6.92. The third-order valence-corrected chi connectivity index (χ3v) is 6.20. The fraction of sp³-hybridized carbons (Fsp3) is 0.588. The molecule has 6 nitrogen and oxygen atoms in total. The van der Waals surface area contributed by atoms with Crippen LogP contribution in [-0.2, 0) is 14.8 Å². The van der Waals surface area contributed by atoms with Gasteiger partial charge in [0.1, 0.15) is 5.82 Å². The lowest BCUT2D eigenvalue weighted by molar-refractivity contribution is -0.122. The number of carbonyl (C=O) groups is 1. The first-order valence-corrected chi connectivity index (χ1v) is 10.0. The highest BCUT2D eigenvalue weighted by atomic mass is 32.2. The Balaban J connectivity index is 1.86. The number of hydrogen-bond acceptors (Lipinski definition) is 4. The number of likely N-dealkylation sites (N-methyl/N-ethyl adjacent to an activating group) is 1. The number of benzene rings is 1. The summed E-state index contributed by atoms with van der Waals surface area (Å²) in [5.74, 6) is -0.823. The zero-order valence-corrected chi connectivity index (χ0v) is 15.6. The quantitative estimate of drug-likeness (QED) is 0.787. The third kappa shape index (κ3) is 5.49. The number of hydrogen-bond donors (Lipinski definition) is 1. The molecule has 8 heteroatoms. The van der Waals surface area contributed by atoms with Gasteiger partial charge in [0.2, 0.25) is 15.9 Å². The summed E-state index contributed by atoms with van der Waals surface area (Å²) in [6.45, 7) is 4.85. The zero-order chi connectivity index (χ0) is 18.4. The van der Waals surface area contributed by atoms with Crippen LogP contribution < -0.4 is 5.32 Å². The summed E-state index contributed by atoms with van der Waals surface area (Å²) < 4.78 is 38.7. The van der Waals surface area contributed by atoms with Crippen molar-refractivity contribution >= 4 is 15.9 Å². The van der Waals surface area contributed by atoms with E-state index in [9.17, 15) is 17.6 Å². The molecule has 1 aliphatic rings. The predicted octanol–water partition coefficient (Wildman–Crippen LogP) is 1.44. The van der Waals surface area contributed by atoms with E-state index in [0.717, 1.165) is 55.3 Å². The van der Waals surface area contributed by atoms with E-state index in [2.05, 4.69) is 17.1 Å². The Bertz CT molecular complexity index is 671. The molecule has 0 radical (unpaired) electrons. The van der Waals surface area contributed by atoms with Crippen LogP contribution in [0.4, 0.5) is 4.39 Å². The van der Waals surface area contributed by atoms with Crippen molar-refractivity contribution in [2.24, 2.45) is 0 Å². The van der Waals surface area contributed by atoms with Crippen LogP contribution in [0.15, 0.2) is 29.2 Å². The second-order valence-corrected chi connectivity index (χ2v) is 8.44. The van der Waals surface area contributed by atoms with E-state index in [0.29, 0.717) is 0 Å². The van der Waals surface area contributed by atoms with E-state index in [4.69, 9.17) is 0 Å². The van der Waals surface area contributed by atoms with Crippen molar-refractivity contribution in [2.45, 2.75) is 37.1 Å². The number of nitrogens with zero attached hydrogens (tertiary/aromatic N) is 2. The van der Waals surface area contributed by atoms with Gasteiger partial charge in [-0.1, -0.05) is 6.92 Å². The molecule has 1 N–H and O–H groups in total. The van der Waals surface area contributed by atoms with Gasteiger partial charge in [-0.05, 0) is 50.1 Å². The summed E-state index contributed by atoms with van der Waals surface area (Å²) in [5, 5.41) is 2.91. The topological polar surface area (TPSA) is 69.7 Å². The Labute approximate surface area is 149 Å². The maximum Gasteiger partial charge on any atom is 0.243 e. The Hall–Kier alpha value is -1.51. The van der Waals surface area contributed by atoms with Gasteiger partial charge in [-0.15, -0.1) is 0 Å². The number of carbonyl (C=O) groups excluding carboxylic acids is 1. The van der Waals surface area contributed by atoms with Crippen molar-refractivity contribution in [1.82, 2.24) is 14.5 Å². The molecule has 1 amide bonds. The van der Waals surface area contributed by atoms with Gasteiger partial charge >= 0.3 is 0 Å². The van der Waals surface area contributed by atoms with E-state index >= 15 is 0 Å². The van der Waals surface area contributed by atoms with Crippen LogP contribution in [0.5, 0.6) is 0 Å². The van der Waals surface area contributed by atoms with Crippen molar-refractivity contribution in [1.29, 1.82) is 0 Å². The molecule has 1 heterocycles. The average molecular weight is 371 g/mol. The number of piperidine rings is 1. The molecule has 1 aromatic rings. The van der Waals surface area contributed by atoms with Crippen LogP contribution >= 0.6 is 0 Å². The normalized spacial score (nSPS) is 17.0. The largest absolute Gasteiger partial charge is 0.352 e. The van der Waals surface area contributed by atoms with Gasteiger partial charge in [0.25, 0.3) is 0 Å². The molecule has 1 saturated heterocycles. The first-order chi connectivity index (χ1) is 11.8. The Morgan fingerprint density at radius 3 is 2.44 bits per heavy atom.